The fourth-order valence-corrected chi connectivity index (χ4v) is 3.97. The first kappa shape index (κ1) is 27.2. The smallest absolute Gasteiger partial charge is 0.336 e. The lowest BCUT2D eigenvalue weighted by Crippen LogP contribution is -2.59. The number of primary amides is 1. The second kappa shape index (κ2) is 13.0. The maximum Gasteiger partial charge on any atom is 0.336 e. The zero-order valence-corrected chi connectivity index (χ0v) is 21.2. The molecule has 1 heterocycles. The molecule has 3 N–H and O–H groups in total. The fraction of sp³-hybridized carbons (Fsp3) is 0.440. The van der Waals surface area contributed by atoms with Crippen LogP contribution in [-0.2, 0) is 21.4 Å². The lowest BCUT2D eigenvalue weighted by atomic mass is 9.81. The molecule has 0 saturated carbocycles. The van der Waals surface area contributed by atoms with Gasteiger partial charge in [-0.2, -0.15) is 11.8 Å². The number of hydrogen-bond acceptors (Lipinski definition) is 5. The number of carbonyl (C=O) groups is 3. The van der Waals surface area contributed by atoms with Crippen LogP contribution in [0.5, 0.6) is 0 Å². The Morgan fingerprint density at radius 2 is 1.79 bits per heavy atom. The van der Waals surface area contributed by atoms with E-state index in [1.807, 2.05) is 68.6 Å². The Kier molecular flexibility index (Phi) is 10.4. The van der Waals surface area contributed by atoms with E-state index in [4.69, 9.17) is 5.73 Å². The minimum atomic E-state index is -0.945. The van der Waals surface area contributed by atoms with Crippen LogP contribution in [0.3, 0.4) is 0 Å². The first-order valence-electron chi connectivity index (χ1n) is 11.2. The van der Waals surface area contributed by atoms with Crippen molar-refractivity contribution in [3.8, 4) is 0 Å². The van der Waals surface area contributed by atoms with Gasteiger partial charge in [0.05, 0.1) is 0 Å². The van der Waals surface area contributed by atoms with Crippen LogP contribution in [0, 0.1) is 0 Å². The number of pyridine rings is 1. The minimum absolute atomic E-state index is 0.0952. The molecule has 0 bridgehead atoms. The van der Waals surface area contributed by atoms with E-state index in [2.05, 4.69) is 10.4 Å². The second-order valence-electron chi connectivity index (χ2n) is 8.80. The third kappa shape index (κ3) is 8.06. The Morgan fingerprint density at radius 3 is 2.38 bits per heavy atom. The van der Waals surface area contributed by atoms with Crippen molar-refractivity contribution in [2.75, 3.05) is 25.6 Å². The van der Waals surface area contributed by atoms with Crippen molar-refractivity contribution in [3.05, 3.63) is 66.0 Å². The molecule has 1 atom stereocenters. The number of nitrogens with one attached hydrogen (secondary N) is 1. The van der Waals surface area contributed by atoms with Crippen LogP contribution in [0.25, 0.3) is 0 Å². The van der Waals surface area contributed by atoms with E-state index in [0.717, 1.165) is 16.3 Å². The van der Waals surface area contributed by atoms with Gasteiger partial charge in [-0.1, -0.05) is 50.2 Å². The maximum atomic E-state index is 13.4. The van der Waals surface area contributed by atoms with Crippen LogP contribution in [0.2, 0.25) is 0 Å². The topological polar surface area (TPSA) is 109 Å². The molecule has 2 aromatic rings. The van der Waals surface area contributed by atoms with Gasteiger partial charge in [0.25, 0.3) is 0 Å². The monoisotopic (exact) mass is 485 g/mol. The molecular formula is C25H35N5O3S. The highest BCUT2D eigenvalue weighted by Gasteiger charge is 2.34. The number of nitrogens with zero attached hydrogens (tertiary/aromatic N) is 3. The molecule has 0 radical (unpaired) electrons. The standard InChI is InChI=1S/C25H35N5O3S/c1-25(2,19-10-6-5-7-11-19)18-22(31)30(21(23(26)32)14-17-34-4)28-24(33)29(3)16-13-20-12-8-9-15-27-20/h5-12,15,21H,13-14,16-18H2,1-4H3,(H2,26,32)(H,28,33). The Bertz CT molecular complexity index is 940. The quantitative estimate of drug-likeness (QED) is 0.476. The summed E-state index contributed by atoms with van der Waals surface area (Å²) in [6.07, 6.45) is 4.61. The van der Waals surface area contributed by atoms with E-state index in [0.29, 0.717) is 25.1 Å². The average Bonchev–Trinajstić information content (AvgIpc) is 2.82. The highest BCUT2D eigenvalue weighted by atomic mass is 32.2. The summed E-state index contributed by atoms with van der Waals surface area (Å²) in [6.45, 7) is 4.31. The summed E-state index contributed by atoms with van der Waals surface area (Å²) >= 11 is 1.54. The number of carbonyl (C=O) groups excluding carboxylic acids is 3. The summed E-state index contributed by atoms with van der Waals surface area (Å²) in [5.74, 6) is -0.410. The molecule has 0 spiro atoms. The molecule has 1 aromatic carbocycles. The molecule has 0 aliphatic carbocycles. The number of aromatic nitrogens is 1. The van der Waals surface area contributed by atoms with Gasteiger partial charge in [-0.3, -0.25) is 14.6 Å². The number of nitrogens with two attached hydrogens (primary N) is 1. The van der Waals surface area contributed by atoms with Gasteiger partial charge in [-0.05, 0) is 41.5 Å². The zero-order chi connectivity index (χ0) is 25.1. The predicted octanol–water partition coefficient (Wildman–Crippen LogP) is 2.98. The Hall–Kier alpha value is -3.07. The summed E-state index contributed by atoms with van der Waals surface area (Å²) in [7, 11) is 1.63. The Labute approximate surface area is 206 Å². The van der Waals surface area contributed by atoms with Crippen LogP contribution in [0.15, 0.2) is 54.7 Å². The van der Waals surface area contributed by atoms with E-state index >= 15 is 0 Å². The SMILES string of the molecule is CSCCC(C(N)=O)N(NC(=O)N(C)CCc1ccccn1)C(=O)CC(C)(C)c1ccccc1. The van der Waals surface area contributed by atoms with Gasteiger partial charge in [0.15, 0.2) is 0 Å². The summed E-state index contributed by atoms with van der Waals surface area (Å²) in [5.41, 5.74) is 9.66. The largest absolute Gasteiger partial charge is 0.368 e. The molecule has 8 nitrogen and oxygen atoms in total. The van der Waals surface area contributed by atoms with Gasteiger partial charge in [0.2, 0.25) is 11.8 Å². The molecule has 4 amide bonds. The van der Waals surface area contributed by atoms with Crippen molar-refractivity contribution in [1.29, 1.82) is 0 Å². The van der Waals surface area contributed by atoms with Crippen molar-refractivity contribution in [1.82, 2.24) is 20.3 Å². The number of likely N-dealkylation sites (N-methyl/N-ethyl adjacent to an activating group) is 1. The van der Waals surface area contributed by atoms with Gasteiger partial charge in [-0.25, -0.2) is 15.2 Å². The molecule has 0 aliphatic heterocycles. The molecule has 2 rings (SSSR count). The lowest BCUT2D eigenvalue weighted by molar-refractivity contribution is -0.143. The first-order chi connectivity index (χ1) is 16.2. The van der Waals surface area contributed by atoms with Crippen LogP contribution in [0.4, 0.5) is 4.79 Å². The van der Waals surface area contributed by atoms with E-state index in [-0.39, 0.29) is 12.3 Å². The number of hydrogen-bond donors (Lipinski definition) is 2. The third-order valence-corrected chi connectivity index (χ3v) is 6.29. The van der Waals surface area contributed by atoms with Crippen LogP contribution >= 0.6 is 11.8 Å². The molecule has 0 saturated heterocycles. The molecule has 0 aliphatic rings. The van der Waals surface area contributed by atoms with Gasteiger partial charge in [0.1, 0.15) is 6.04 Å². The van der Waals surface area contributed by atoms with Crippen LogP contribution in [-0.4, -0.2) is 64.4 Å². The first-order valence-corrected chi connectivity index (χ1v) is 12.6. The number of hydrazine groups is 1. The van der Waals surface area contributed by atoms with E-state index in [9.17, 15) is 14.4 Å². The molecule has 184 valence electrons. The normalized spacial score (nSPS) is 12.0. The van der Waals surface area contributed by atoms with Gasteiger partial charge in [0, 0.05) is 38.3 Å². The second-order valence-corrected chi connectivity index (χ2v) is 9.79. The van der Waals surface area contributed by atoms with Crippen molar-refractivity contribution in [3.63, 3.8) is 0 Å². The predicted molar refractivity (Wildman–Crippen MR) is 136 cm³/mol. The molecule has 1 aromatic heterocycles. The number of benzene rings is 1. The molecular weight excluding hydrogens is 450 g/mol. The van der Waals surface area contributed by atoms with Crippen LogP contribution in [0.1, 0.15) is 37.9 Å². The average molecular weight is 486 g/mol. The third-order valence-electron chi connectivity index (χ3n) is 5.64. The van der Waals surface area contributed by atoms with Crippen molar-refractivity contribution >= 4 is 29.6 Å². The van der Waals surface area contributed by atoms with E-state index < -0.39 is 23.4 Å². The molecule has 0 fully saturated rings. The van der Waals surface area contributed by atoms with E-state index in [1.165, 1.54) is 4.90 Å². The summed E-state index contributed by atoms with van der Waals surface area (Å²) in [4.78, 5) is 44.4. The van der Waals surface area contributed by atoms with Crippen molar-refractivity contribution in [2.24, 2.45) is 5.73 Å². The maximum absolute atomic E-state index is 13.4. The van der Waals surface area contributed by atoms with Gasteiger partial charge < -0.3 is 10.6 Å². The zero-order valence-electron chi connectivity index (χ0n) is 20.4. The summed E-state index contributed by atoms with van der Waals surface area (Å²) in [6, 6.07) is 13.8. The summed E-state index contributed by atoms with van der Waals surface area (Å²) in [5, 5.41) is 1.13. The highest BCUT2D eigenvalue weighted by Crippen LogP contribution is 2.28. The fourth-order valence-electron chi connectivity index (χ4n) is 3.52. The van der Waals surface area contributed by atoms with Gasteiger partial charge >= 0.3 is 6.03 Å². The van der Waals surface area contributed by atoms with Gasteiger partial charge in [-0.15, -0.1) is 0 Å². The van der Waals surface area contributed by atoms with Crippen molar-refractivity contribution < 1.29 is 14.4 Å². The molecule has 34 heavy (non-hydrogen) atoms. The number of rotatable bonds is 11. The number of thioether (sulfide) groups is 1. The highest BCUT2D eigenvalue weighted by molar-refractivity contribution is 7.98. The van der Waals surface area contributed by atoms with Crippen LogP contribution < -0.4 is 11.2 Å². The lowest BCUT2D eigenvalue weighted by Gasteiger charge is -2.34. The Morgan fingerprint density at radius 1 is 1.12 bits per heavy atom. The number of amides is 4. The van der Waals surface area contributed by atoms with E-state index in [1.54, 1.807) is 25.0 Å². The molecule has 1 unspecified atom stereocenters. The molecule has 9 heteroatoms. The number of urea groups is 1. The van der Waals surface area contributed by atoms with Crippen molar-refractivity contribution in [2.45, 2.75) is 44.6 Å². The minimum Gasteiger partial charge on any atom is -0.368 e. The summed E-state index contributed by atoms with van der Waals surface area (Å²) < 4.78 is 0. The Balaban J connectivity index is 2.18.